The summed E-state index contributed by atoms with van der Waals surface area (Å²) in [5, 5.41) is 0. The molecule has 12 heavy (non-hydrogen) atoms. The maximum Gasteiger partial charge on any atom is 0.159 e. The molecular formula is C10H17NO. The minimum absolute atomic E-state index is 0.00917. The van der Waals surface area contributed by atoms with E-state index in [2.05, 4.69) is 11.6 Å². The van der Waals surface area contributed by atoms with Crippen LogP contribution in [0.4, 0.5) is 0 Å². The standard InChI is InChI=1S/C8H11NO.C2H6/c1-4-8(7(2)10)5-6-9-3;1-2/h4-6H,1H2,2-3H3;1-2H3/b8-5+,9-6?;. The first-order chi connectivity index (χ1) is 5.72. The zero-order valence-corrected chi connectivity index (χ0v) is 8.29. The summed E-state index contributed by atoms with van der Waals surface area (Å²) in [4.78, 5) is 14.4. The van der Waals surface area contributed by atoms with Crippen molar-refractivity contribution in [2.75, 3.05) is 7.05 Å². The Balaban J connectivity index is 0. The van der Waals surface area contributed by atoms with Crippen LogP contribution in [0.2, 0.25) is 0 Å². The van der Waals surface area contributed by atoms with Gasteiger partial charge in [-0.2, -0.15) is 0 Å². The molecule has 0 N–H and O–H groups in total. The van der Waals surface area contributed by atoms with Crippen LogP contribution in [-0.2, 0) is 4.79 Å². The predicted octanol–water partition coefficient (Wildman–Crippen LogP) is 2.41. The van der Waals surface area contributed by atoms with Gasteiger partial charge in [0, 0.05) is 18.8 Å². The predicted molar refractivity (Wildman–Crippen MR) is 54.7 cm³/mol. The molecule has 0 spiro atoms. The molecule has 0 amide bonds. The van der Waals surface area contributed by atoms with Crippen molar-refractivity contribution in [1.82, 2.24) is 0 Å². The van der Waals surface area contributed by atoms with Crippen LogP contribution in [0, 0.1) is 0 Å². The van der Waals surface area contributed by atoms with Gasteiger partial charge >= 0.3 is 0 Å². The molecule has 0 saturated carbocycles. The third kappa shape index (κ3) is 6.93. The normalized spacial score (nSPS) is 10.5. The van der Waals surface area contributed by atoms with Crippen LogP contribution in [0.1, 0.15) is 20.8 Å². The van der Waals surface area contributed by atoms with E-state index in [-0.39, 0.29) is 5.78 Å². The van der Waals surface area contributed by atoms with E-state index in [0.717, 1.165) is 0 Å². The van der Waals surface area contributed by atoms with Gasteiger partial charge < -0.3 is 0 Å². The van der Waals surface area contributed by atoms with Gasteiger partial charge in [-0.25, -0.2) is 0 Å². The van der Waals surface area contributed by atoms with Gasteiger partial charge in [-0.1, -0.05) is 26.5 Å². The van der Waals surface area contributed by atoms with E-state index in [1.807, 2.05) is 13.8 Å². The largest absolute Gasteiger partial charge is 0.296 e. The van der Waals surface area contributed by atoms with Crippen LogP contribution in [0.15, 0.2) is 29.3 Å². The minimum atomic E-state index is 0.00917. The molecule has 2 heteroatoms. The van der Waals surface area contributed by atoms with Crippen molar-refractivity contribution in [3.8, 4) is 0 Å². The van der Waals surface area contributed by atoms with Crippen LogP contribution in [0.5, 0.6) is 0 Å². The molecule has 0 aliphatic carbocycles. The molecule has 0 aliphatic heterocycles. The molecule has 68 valence electrons. The molecule has 0 aromatic heterocycles. The average Bonchev–Trinajstić information content (AvgIpc) is 2.09. The smallest absolute Gasteiger partial charge is 0.159 e. The summed E-state index contributed by atoms with van der Waals surface area (Å²) in [5.74, 6) is 0.00917. The van der Waals surface area contributed by atoms with E-state index in [9.17, 15) is 4.79 Å². The number of nitrogens with zero attached hydrogens (tertiary/aromatic N) is 1. The Bertz CT molecular complexity index is 190. The first-order valence-electron chi connectivity index (χ1n) is 3.98. The Kier molecular flexibility index (Phi) is 11.0. The second-order valence-electron chi connectivity index (χ2n) is 1.79. The van der Waals surface area contributed by atoms with Gasteiger partial charge in [0.25, 0.3) is 0 Å². The van der Waals surface area contributed by atoms with Crippen LogP contribution in [0.25, 0.3) is 0 Å². The maximum absolute atomic E-state index is 10.7. The fourth-order valence-electron chi connectivity index (χ4n) is 0.484. The van der Waals surface area contributed by atoms with Crippen molar-refractivity contribution < 1.29 is 4.79 Å². The van der Waals surface area contributed by atoms with Crippen molar-refractivity contribution >= 4 is 12.0 Å². The summed E-state index contributed by atoms with van der Waals surface area (Å²) < 4.78 is 0. The molecular weight excluding hydrogens is 150 g/mol. The minimum Gasteiger partial charge on any atom is -0.296 e. The van der Waals surface area contributed by atoms with Gasteiger partial charge in [0.15, 0.2) is 5.78 Å². The van der Waals surface area contributed by atoms with Crippen molar-refractivity contribution in [1.29, 1.82) is 0 Å². The molecule has 0 fully saturated rings. The Morgan fingerprint density at radius 1 is 1.42 bits per heavy atom. The molecule has 0 rings (SSSR count). The summed E-state index contributed by atoms with van der Waals surface area (Å²) in [5.41, 5.74) is 0.589. The number of aliphatic imine (C=N–C) groups is 1. The fraction of sp³-hybridized carbons (Fsp3) is 0.400. The number of hydrogen-bond donors (Lipinski definition) is 0. The van der Waals surface area contributed by atoms with E-state index in [4.69, 9.17) is 0 Å². The van der Waals surface area contributed by atoms with Gasteiger partial charge in [0.05, 0.1) is 0 Å². The van der Waals surface area contributed by atoms with Crippen molar-refractivity contribution in [2.45, 2.75) is 20.8 Å². The summed E-state index contributed by atoms with van der Waals surface area (Å²) >= 11 is 0. The molecule has 0 aliphatic rings. The molecule has 2 nitrogen and oxygen atoms in total. The molecule has 0 atom stereocenters. The SMILES string of the molecule is C=C/C(=C\C=NC)C(C)=O.CC. The molecule has 0 bridgehead atoms. The number of carbonyl (C=O) groups excluding carboxylic acids is 1. The number of rotatable bonds is 3. The summed E-state index contributed by atoms with van der Waals surface area (Å²) in [6, 6.07) is 0. The Morgan fingerprint density at radius 3 is 2.17 bits per heavy atom. The van der Waals surface area contributed by atoms with Crippen molar-refractivity contribution in [2.24, 2.45) is 4.99 Å². The average molecular weight is 167 g/mol. The summed E-state index contributed by atoms with van der Waals surface area (Å²) in [7, 11) is 1.65. The lowest BCUT2D eigenvalue weighted by Crippen LogP contribution is -1.92. The zero-order chi connectivity index (χ0) is 9.98. The van der Waals surface area contributed by atoms with Gasteiger partial charge in [-0.05, 0) is 13.0 Å². The van der Waals surface area contributed by atoms with Crippen LogP contribution < -0.4 is 0 Å². The highest BCUT2D eigenvalue weighted by Gasteiger charge is 1.94. The lowest BCUT2D eigenvalue weighted by molar-refractivity contribution is -0.113. The lowest BCUT2D eigenvalue weighted by Gasteiger charge is -1.89. The monoisotopic (exact) mass is 167 g/mol. The van der Waals surface area contributed by atoms with Crippen LogP contribution in [-0.4, -0.2) is 19.0 Å². The number of allylic oxidation sites excluding steroid dienone is 3. The molecule has 0 radical (unpaired) electrons. The highest BCUT2D eigenvalue weighted by atomic mass is 16.1. The Morgan fingerprint density at radius 2 is 1.92 bits per heavy atom. The van der Waals surface area contributed by atoms with Crippen molar-refractivity contribution in [3.05, 3.63) is 24.3 Å². The van der Waals surface area contributed by atoms with E-state index in [1.54, 1.807) is 19.3 Å². The van der Waals surface area contributed by atoms with Gasteiger partial charge in [-0.15, -0.1) is 0 Å². The molecule has 0 saturated heterocycles. The number of carbonyl (C=O) groups is 1. The second kappa shape index (κ2) is 9.82. The maximum atomic E-state index is 10.7. The van der Waals surface area contributed by atoms with E-state index >= 15 is 0 Å². The van der Waals surface area contributed by atoms with E-state index < -0.39 is 0 Å². The number of ketones is 1. The van der Waals surface area contributed by atoms with Gasteiger partial charge in [0.2, 0.25) is 0 Å². The Hall–Kier alpha value is -1.18. The number of hydrogen-bond acceptors (Lipinski definition) is 2. The second-order valence-corrected chi connectivity index (χ2v) is 1.79. The van der Waals surface area contributed by atoms with Crippen molar-refractivity contribution in [3.63, 3.8) is 0 Å². The van der Waals surface area contributed by atoms with Gasteiger partial charge in [0.1, 0.15) is 0 Å². The lowest BCUT2D eigenvalue weighted by atomic mass is 10.2. The molecule has 0 aromatic carbocycles. The van der Waals surface area contributed by atoms with Crippen LogP contribution in [0.3, 0.4) is 0 Å². The van der Waals surface area contributed by atoms with Gasteiger partial charge in [-0.3, -0.25) is 9.79 Å². The topological polar surface area (TPSA) is 29.4 Å². The first kappa shape index (κ1) is 13.4. The quantitative estimate of drug-likeness (QED) is 0.360. The molecule has 0 aromatic rings. The number of Topliss-reactive ketones (excluding diaryl/α,β-unsaturated/α-hetero) is 1. The summed E-state index contributed by atoms with van der Waals surface area (Å²) in [6.07, 6.45) is 4.72. The Labute approximate surface area is 74.7 Å². The molecule has 0 heterocycles. The highest BCUT2D eigenvalue weighted by molar-refractivity contribution is 5.99. The first-order valence-corrected chi connectivity index (χ1v) is 3.98. The summed E-state index contributed by atoms with van der Waals surface area (Å²) in [6.45, 7) is 8.98. The molecule has 0 unspecified atom stereocenters. The van der Waals surface area contributed by atoms with Crippen LogP contribution >= 0.6 is 0 Å². The highest BCUT2D eigenvalue weighted by Crippen LogP contribution is 1.94. The zero-order valence-electron chi connectivity index (χ0n) is 8.29. The third-order valence-corrected chi connectivity index (χ3v) is 1.03. The third-order valence-electron chi connectivity index (χ3n) is 1.03. The fourth-order valence-corrected chi connectivity index (χ4v) is 0.484. The van der Waals surface area contributed by atoms with E-state index in [1.165, 1.54) is 13.0 Å². The van der Waals surface area contributed by atoms with E-state index in [0.29, 0.717) is 5.57 Å².